The molecule has 0 spiro atoms. The second kappa shape index (κ2) is 5.15. The average Bonchev–Trinajstić information content (AvgIpc) is 3.12. The van der Waals surface area contributed by atoms with E-state index in [4.69, 9.17) is 15.2 Å². The molecule has 1 aromatic rings. The van der Waals surface area contributed by atoms with Gasteiger partial charge in [0.05, 0.1) is 0 Å². The lowest BCUT2D eigenvalue weighted by atomic mass is 10.0. The molecule has 1 aliphatic carbocycles. The van der Waals surface area contributed by atoms with Crippen LogP contribution in [-0.4, -0.2) is 13.2 Å². The smallest absolute Gasteiger partial charge is 0.166 e. The summed E-state index contributed by atoms with van der Waals surface area (Å²) in [5.41, 5.74) is 7.33. The Hall–Kier alpha value is -0.930. The van der Waals surface area contributed by atoms with Gasteiger partial charge < -0.3 is 15.2 Å². The third kappa shape index (κ3) is 2.67. The van der Waals surface area contributed by atoms with Crippen LogP contribution >= 0.6 is 12.4 Å². The van der Waals surface area contributed by atoms with Gasteiger partial charge in [0.1, 0.15) is 13.2 Å². The first kappa shape index (κ1) is 12.5. The summed E-state index contributed by atoms with van der Waals surface area (Å²) in [7, 11) is 0. The van der Waals surface area contributed by atoms with Gasteiger partial charge in [-0.2, -0.15) is 0 Å². The van der Waals surface area contributed by atoms with Crippen LogP contribution in [0.25, 0.3) is 0 Å². The number of rotatable bonds is 3. The Labute approximate surface area is 108 Å². The first-order valence-electron chi connectivity index (χ1n) is 5.98. The number of nitrogens with two attached hydrogens (primary N) is 1. The van der Waals surface area contributed by atoms with Gasteiger partial charge in [0, 0.05) is 11.6 Å². The van der Waals surface area contributed by atoms with E-state index in [0.717, 1.165) is 29.4 Å². The SMILES string of the molecule is Cl.N[C@@H](CC1CC1)c1cccc2c1OCCO2. The number of ether oxygens (including phenoxy) is 2. The number of halogens is 1. The zero-order valence-corrected chi connectivity index (χ0v) is 10.5. The standard InChI is InChI=1S/C13H17NO2.ClH/c14-11(8-9-4-5-9)10-2-1-3-12-13(10)16-7-6-15-12;/h1-3,9,11H,4-8,14H2;1H/t11-;/m0./s1. The molecule has 0 aromatic heterocycles. The normalized spacial score (nSPS) is 19.4. The monoisotopic (exact) mass is 255 g/mol. The lowest BCUT2D eigenvalue weighted by Crippen LogP contribution is -2.19. The number of benzene rings is 1. The maximum atomic E-state index is 6.22. The van der Waals surface area contributed by atoms with Gasteiger partial charge in [-0.05, 0) is 18.4 Å². The molecule has 0 amide bonds. The number of fused-ring (bicyclic) bond motifs is 1. The molecule has 3 nitrogen and oxygen atoms in total. The molecule has 4 heteroatoms. The fraction of sp³-hybridized carbons (Fsp3) is 0.538. The topological polar surface area (TPSA) is 44.5 Å². The molecule has 0 saturated heterocycles. The van der Waals surface area contributed by atoms with E-state index in [1.54, 1.807) is 0 Å². The van der Waals surface area contributed by atoms with E-state index < -0.39 is 0 Å². The molecule has 1 atom stereocenters. The van der Waals surface area contributed by atoms with Gasteiger partial charge >= 0.3 is 0 Å². The summed E-state index contributed by atoms with van der Waals surface area (Å²) in [4.78, 5) is 0. The first-order chi connectivity index (χ1) is 7.84. The van der Waals surface area contributed by atoms with Gasteiger partial charge in [0.15, 0.2) is 11.5 Å². The minimum Gasteiger partial charge on any atom is -0.486 e. The van der Waals surface area contributed by atoms with E-state index >= 15 is 0 Å². The zero-order chi connectivity index (χ0) is 11.0. The van der Waals surface area contributed by atoms with Gasteiger partial charge in [0.2, 0.25) is 0 Å². The molecule has 17 heavy (non-hydrogen) atoms. The van der Waals surface area contributed by atoms with Crippen LogP contribution in [0.4, 0.5) is 0 Å². The first-order valence-corrected chi connectivity index (χ1v) is 5.98. The van der Waals surface area contributed by atoms with Crippen molar-refractivity contribution in [1.82, 2.24) is 0 Å². The lowest BCUT2D eigenvalue weighted by molar-refractivity contribution is 0.169. The summed E-state index contributed by atoms with van der Waals surface area (Å²) >= 11 is 0. The van der Waals surface area contributed by atoms with Crippen molar-refractivity contribution in [3.8, 4) is 11.5 Å². The predicted molar refractivity (Wildman–Crippen MR) is 68.9 cm³/mol. The Morgan fingerprint density at radius 2 is 2.00 bits per heavy atom. The molecular weight excluding hydrogens is 238 g/mol. The van der Waals surface area contributed by atoms with Crippen molar-refractivity contribution in [1.29, 1.82) is 0 Å². The summed E-state index contributed by atoms with van der Waals surface area (Å²) in [5.74, 6) is 2.53. The molecule has 2 aliphatic rings. The van der Waals surface area contributed by atoms with Gasteiger partial charge in [0.25, 0.3) is 0 Å². The summed E-state index contributed by atoms with van der Waals surface area (Å²) in [5, 5.41) is 0. The highest BCUT2D eigenvalue weighted by atomic mass is 35.5. The van der Waals surface area contributed by atoms with Crippen molar-refractivity contribution in [3.05, 3.63) is 23.8 Å². The van der Waals surface area contributed by atoms with Gasteiger partial charge in [-0.25, -0.2) is 0 Å². The highest BCUT2D eigenvalue weighted by Crippen LogP contribution is 2.41. The van der Waals surface area contributed by atoms with Crippen LogP contribution in [0.3, 0.4) is 0 Å². The van der Waals surface area contributed by atoms with E-state index in [1.807, 2.05) is 12.1 Å². The van der Waals surface area contributed by atoms with E-state index in [1.165, 1.54) is 12.8 Å². The molecule has 0 radical (unpaired) electrons. The van der Waals surface area contributed by atoms with Gasteiger partial charge in [-0.1, -0.05) is 25.0 Å². The zero-order valence-electron chi connectivity index (χ0n) is 9.72. The second-order valence-electron chi connectivity index (χ2n) is 4.66. The lowest BCUT2D eigenvalue weighted by Gasteiger charge is -2.23. The summed E-state index contributed by atoms with van der Waals surface area (Å²) in [6.07, 6.45) is 3.74. The van der Waals surface area contributed by atoms with E-state index in [9.17, 15) is 0 Å². The molecule has 1 aliphatic heterocycles. The van der Waals surface area contributed by atoms with Crippen molar-refractivity contribution in [2.24, 2.45) is 11.7 Å². The van der Waals surface area contributed by atoms with Crippen molar-refractivity contribution < 1.29 is 9.47 Å². The van der Waals surface area contributed by atoms with Crippen LogP contribution in [0, 0.1) is 5.92 Å². The Morgan fingerprint density at radius 3 is 2.76 bits per heavy atom. The Balaban J connectivity index is 0.00000108. The average molecular weight is 256 g/mol. The summed E-state index contributed by atoms with van der Waals surface area (Å²) in [6, 6.07) is 6.09. The van der Waals surface area contributed by atoms with Crippen LogP contribution < -0.4 is 15.2 Å². The molecule has 0 unspecified atom stereocenters. The highest BCUT2D eigenvalue weighted by Gasteiger charge is 2.27. The molecule has 1 fully saturated rings. The maximum absolute atomic E-state index is 6.22. The Bertz CT molecular complexity index is 393. The minimum absolute atomic E-state index is 0. The minimum atomic E-state index is 0. The largest absolute Gasteiger partial charge is 0.486 e. The van der Waals surface area contributed by atoms with Crippen LogP contribution in [-0.2, 0) is 0 Å². The van der Waals surface area contributed by atoms with Gasteiger partial charge in [-0.3, -0.25) is 0 Å². The fourth-order valence-corrected chi connectivity index (χ4v) is 2.23. The number of hydrogen-bond acceptors (Lipinski definition) is 3. The van der Waals surface area contributed by atoms with Crippen LogP contribution in [0.1, 0.15) is 30.9 Å². The van der Waals surface area contributed by atoms with Crippen molar-refractivity contribution in [2.45, 2.75) is 25.3 Å². The predicted octanol–water partition coefficient (Wildman–Crippen LogP) is 2.68. The molecule has 2 N–H and O–H groups in total. The van der Waals surface area contributed by atoms with Crippen molar-refractivity contribution in [2.75, 3.05) is 13.2 Å². The third-order valence-electron chi connectivity index (χ3n) is 3.28. The van der Waals surface area contributed by atoms with Gasteiger partial charge in [-0.15, -0.1) is 12.4 Å². The van der Waals surface area contributed by atoms with Crippen LogP contribution in [0.15, 0.2) is 18.2 Å². The molecule has 0 bridgehead atoms. The summed E-state index contributed by atoms with van der Waals surface area (Å²) < 4.78 is 11.2. The van der Waals surface area contributed by atoms with Crippen LogP contribution in [0.2, 0.25) is 0 Å². The molecule has 1 aromatic carbocycles. The molecule has 94 valence electrons. The fourth-order valence-electron chi connectivity index (χ4n) is 2.23. The van der Waals surface area contributed by atoms with E-state index in [-0.39, 0.29) is 18.4 Å². The molecule has 3 rings (SSSR count). The maximum Gasteiger partial charge on any atom is 0.166 e. The number of hydrogen-bond donors (Lipinski definition) is 1. The van der Waals surface area contributed by atoms with Crippen molar-refractivity contribution >= 4 is 12.4 Å². The molecule has 1 saturated carbocycles. The van der Waals surface area contributed by atoms with E-state index in [0.29, 0.717) is 13.2 Å². The van der Waals surface area contributed by atoms with Crippen molar-refractivity contribution in [3.63, 3.8) is 0 Å². The van der Waals surface area contributed by atoms with Crippen LogP contribution in [0.5, 0.6) is 11.5 Å². The van der Waals surface area contributed by atoms with E-state index in [2.05, 4.69) is 6.07 Å². The highest BCUT2D eigenvalue weighted by molar-refractivity contribution is 5.85. The quantitative estimate of drug-likeness (QED) is 0.903. The third-order valence-corrected chi connectivity index (χ3v) is 3.28. The Morgan fingerprint density at radius 1 is 1.24 bits per heavy atom. The molecule has 1 heterocycles. The number of para-hydroxylation sites is 1. The Kier molecular flexibility index (Phi) is 3.79. The molecular formula is C13H18ClNO2. The summed E-state index contributed by atoms with van der Waals surface area (Å²) in [6.45, 7) is 1.26. The second-order valence-corrected chi connectivity index (χ2v) is 4.66.